The molecule has 1 unspecified atom stereocenters. The highest BCUT2D eigenvalue weighted by Gasteiger charge is 2.19. The second-order valence-electron chi connectivity index (χ2n) is 16.7. The zero-order valence-electron chi connectivity index (χ0n) is 41.7. The Balaban J connectivity index is 4.54. The largest absolute Gasteiger partial charge is 0.462 e. The fourth-order valence-electron chi connectivity index (χ4n) is 6.57. The van der Waals surface area contributed by atoms with Gasteiger partial charge in [0.2, 0.25) is 0 Å². The molecule has 0 aromatic rings. The van der Waals surface area contributed by atoms with Crippen LogP contribution in [-0.2, 0) is 28.6 Å². The maximum atomic E-state index is 12.8. The predicted octanol–water partition coefficient (Wildman–Crippen LogP) is 17.3. The van der Waals surface area contributed by atoms with Gasteiger partial charge >= 0.3 is 17.9 Å². The number of hydrogen-bond donors (Lipinski definition) is 0. The molecule has 0 N–H and O–H groups in total. The first-order chi connectivity index (χ1) is 32.0. The van der Waals surface area contributed by atoms with Gasteiger partial charge in [-0.2, -0.15) is 0 Å². The molecule has 65 heavy (non-hydrogen) atoms. The summed E-state index contributed by atoms with van der Waals surface area (Å²) in [6.07, 6.45) is 71.8. The lowest BCUT2D eigenvalue weighted by Crippen LogP contribution is -2.30. The number of carbonyl (C=O) groups is 3. The Bertz CT molecular complexity index is 1400. The summed E-state index contributed by atoms with van der Waals surface area (Å²) in [7, 11) is 0. The summed E-state index contributed by atoms with van der Waals surface area (Å²) >= 11 is 0. The number of esters is 3. The molecule has 0 aromatic heterocycles. The molecule has 0 spiro atoms. The molecule has 0 rings (SSSR count). The lowest BCUT2D eigenvalue weighted by atomic mass is 10.1. The van der Waals surface area contributed by atoms with Crippen LogP contribution in [0.25, 0.3) is 0 Å². The van der Waals surface area contributed by atoms with Crippen molar-refractivity contribution >= 4 is 17.9 Å². The van der Waals surface area contributed by atoms with E-state index in [2.05, 4.69) is 142 Å². The summed E-state index contributed by atoms with van der Waals surface area (Å²) in [5.41, 5.74) is 0. The van der Waals surface area contributed by atoms with Crippen LogP contribution in [0.4, 0.5) is 0 Å². The van der Waals surface area contributed by atoms with Crippen LogP contribution in [-0.4, -0.2) is 37.2 Å². The predicted molar refractivity (Wildman–Crippen MR) is 279 cm³/mol. The number of hydrogen-bond acceptors (Lipinski definition) is 6. The van der Waals surface area contributed by atoms with E-state index in [0.29, 0.717) is 19.3 Å². The lowest BCUT2D eigenvalue weighted by Gasteiger charge is -2.18. The lowest BCUT2D eigenvalue weighted by molar-refractivity contribution is -0.167. The molecule has 0 saturated heterocycles. The molecule has 0 amide bonds. The molecule has 1 atom stereocenters. The van der Waals surface area contributed by atoms with Crippen molar-refractivity contribution in [2.75, 3.05) is 13.2 Å². The second kappa shape index (κ2) is 52.4. The molecule has 0 aliphatic rings. The Morgan fingerprint density at radius 2 is 0.600 bits per heavy atom. The van der Waals surface area contributed by atoms with Gasteiger partial charge in [-0.15, -0.1) is 0 Å². The Hall–Kier alpha value is -4.19. The van der Waals surface area contributed by atoms with Gasteiger partial charge in [0.15, 0.2) is 6.10 Å². The Morgan fingerprint density at radius 3 is 1.00 bits per heavy atom. The quantitative estimate of drug-likeness (QED) is 0.0262. The number of carbonyl (C=O) groups excluding carboxylic acids is 3. The van der Waals surface area contributed by atoms with Crippen molar-refractivity contribution in [1.29, 1.82) is 0 Å². The zero-order chi connectivity index (χ0) is 47.2. The van der Waals surface area contributed by atoms with Crippen molar-refractivity contribution in [2.45, 2.75) is 219 Å². The zero-order valence-corrected chi connectivity index (χ0v) is 41.7. The Morgan fingerprint density at radius 1 is 0.323 bits per heavy atom. The molecule has 0 aromatic carbocycles. The molecule has 0 aliphatic carbocycles. The third kappa shape index (κ3) is 50.7. The van der Waals surface area contributed by atoms with E-state index >= 15 is 0 Å². The minimum Gasteiger partial charge on any atom is -0.462 e. The Kier molecular flexibility index (Phi) is 49.1. The summed E-state index contributed by atoms with van der Waals surface area (Å²) in [5, 5.41) is 0. The first-order valence-corrected chi connectivity index (χ1v) is 26.0. The minimum absolute atomic E-state index is 0.113. The molecule has 0 saturated carbocycles. The SMILES string of the molecule is CC/C=C\C/C=C\C/C=C\C/C=C\C/C=C\CCCCCC(=O)OCC(COC(=O)CCCCCCC/C=C\CCCCCC)OC(=O)CCCC/C=C\C/C=C\C/C=C\C/C=C\CC. The molecular weight excluding hydrogens is 805 g/mol. The van der Waals surface area contributed by atoms with Crippen LogP contribution in [0.5, 0.6) is 0 Å². The number of unbranched alkanes of at least 4 members (excludes halogenated alkanes) is 14. The minimum atomic E-state index is -0.820. The van der Waals surface area contributed by atoms with Crippen LogP contribution < -0.4 is 0 Å². The highest BCUT2D eigenvalue weighted by atomic mass is 16.6. The normalized spacial score (nSPS) is 13.1. The van der Waals surface area contributed by atoms with E-state index in [1.807, 2.05) is 0 Å². The molecule has 0 bridgehead atoms. The van der Waals surface area contributed by atoms with E-state index in [1.165, 1.54) is 38.5 Å². The first-order valence-electron chi connectivity index (χ1n) is 26.0. The van der Waals surface area contributed by atoms with E-state index in [-0.39, 0.29) is 37.5 Å². The van der Waals surface area contributed by atoms with Crippen LogP contribution in [0.2, 0.25) is 0 Å². The summed E-state index contributed by atoms with van der Waals surface area (Å²) in [6, 6.07) is 0. The van der Waals surface area contributed by atoms with E-state index in [1.54, 1.807) is 0 Å². The van der Waals surface area contributed by atoms with Crippen molar-refractivity contribution in [1.82, 2.24) is 0 Å². The molecule has 0 aliphatic heterocycles. The smallest absolute Gasteiger partial charge is 0.306 e. The van der Waals surface area contributed by atoms with Crippen molar-refractivity contribution in [3.8, 4) is 0 Å². The van der Waals surface area contributed by atoms with Gasteiger partial charge in [0.05, 0.1) is 0 Å². The van der Waals surface area contributed by atoms with Crippen LogP contribution >= 0.6 is 0 Å². The molecule has 0 fully saturated rings. The van der Waals surface area contributed by atoms with Crippen LogP contribution in [0.1, 0.15) is 213 Å². The molecule has 0 heterocycles. The van der Waals surface area contributed by atoms with Gasteiger partial charge < -0.3 is 14.2 Å². The molecule has 6 heteroatoms. The van der Waals surface area contributed by atoms with Crippen molar-refractivity contribution < 1.29 is 28.6 Å². The molecule has 6 nitrogen and oxygen atoms in total. The maximum absolute atomic E-state index is 12.8. The fourth-order valence-corrected chi connectivity index (χ4v) is 6.57. The van der Waals surface area contributed by atoms with E-state index < -0.39 is 6.10 Å². The summed E-state index contributed by atoms with van der Waals surface area (Å²) < 4.78 is 16.7. The van der Waals surface area contributed by atoms with Gasteiger partial charge in [-0.3, -0.25) is 14.4 Å². The number of allylic oxidation sites excluding steroid dienone is 20. The van der Waals surface area contributed by atoms with Crippen LogP contribution in [0.3, 0.4) is 0 Å². The molecular formula is C59H94O6. The van der Waals surface area contributed by atoms with Gasteiger partial charge in [0, 0.05) is 19.3 Å². The van der Waals surface area contributed by atoms with Crippen LogP contribution in [0, 0.1) is 0 Å². The van der Waals surface area contributed by atoms with E-state index in [4.69, 9.17) is 14.2 Å². The van der Waals surface area contributed by atoms with Gasteiger partial charge in [0.25, 0.3) is 0 Å². The second-order valence-corrected chi connectivity index (χ2v) is 16.7. The highest BCUT2D eigenvalue weighted by Crippen LogP contribution is 2.12. The molecule has 0 radical (unpaired) electrons. The van der Waals surface area contributed by atoms with Crippen molar-refractivity contribution in [2.24, 2.45) is 0 Å². The van der Waals surface area contributed by atoms with Crippen molar-refractivity contribution in [3.05, 3.63) is 122 Å². The number of ether oxygens (including phenoxy) is 3. The monoisotopic (exact) mass is 899 g/mol. The summed E-state index contributed by atoms with van der Waals surface area (Å²) in [4.78, 5) is 38.0. The Labute approximate surface area is 399 Å². The summed E-state index contributed by atoms with van der Waals surface area (Å²) in [6.45, 7) is 6.30. The third-order valence-electron chi connectivity index (χ3n) is 10.4. The average molecular weight is 899 g/mol. The van der Waals surface area contributed by atoms with Gasteiger partial charge in [-0.1, -0.05) is 187 Å². The third-order valence-corrected chi connectivity index (χ3v) is 10.4. The first kappa shape index (κ1) is 60.8. The van der Waals surface area contributed by atoms with E-state index in [0.717, 1.165) is 128 Å². The topological polar surface area (TPSA) is 78.9 Å². The van der Waals surface area contributed by atoms with Gasteiger partial charge in [-0.05, 0) is 128 Å². The fraction of sp³-hybridized carbons (Fsp3) is 0.610. The van der Waals surface area contributed by atoms with Gasteiger partial charge in [0.1, 0.15) is 13.2 Å². The number of rotatable bonds is 45. The average Bonchev–Trinajstić information content (AvgIpc) is 3.30. The van der Waals surface area contributed by atoms with E-state index in [9.17, 15) is 14.4 Å². The van der Waals surface area contributed by atoms with Crippen LogP contribution in [0.15, 0.2) is 122 Å². The summed E-state index contributed by atoms with van der Waals surface area (Å²) in [5.74, 6) is -1.00. The van der Waals surface area contributed by atoms with Crippen molar-refractivity contribution in [3.63, 3.8) is 0 Å². The maximum Gasteiger partial charge on any atom is 0.306 e. The highest BCUT2D eigenvalue weighted by molar-refractivity contribution is 5.71. The standard InChI is InChI=1S/C59H94O6/c1-4-7-10-13-16-19-22-25-27-28-29-30-32-34-37-40-43-46-49-52-58(61)64-55-56(54-63-57(60)51-48-45-42-39-36-33-24-21-18-15-12-9-6-3)65-59(62)53-50-47-44-41-38-35-31-26-23-20-17-14-11-8-5-2/h7-8,10-11,16-17,19-21,24-27,29-31,34,37-38,41,56H,4-6,9,12-15,18,22-23,28,32-33,35-36,39-40,42-55H2,1-3H3/b10-7-,11-8-,19-16-,20-17-,24-21-,27-25-,30-29-,31-26-,37-34-,41-38-. The molecule has 366 valence electrons. The van der Waals surface area contributed by atoms with Gasteiger partial charge in [-0.25, -0.2) is 0 Å².